The van der Waals surface area contributed by atoms with Crippen LogP contribution in [0.2, 0.25) is 0 Å². The first-order valence-corrected chi connectivity index (χ1v) is 7.46. The van der Waals surface area contributed by atoms with Crippen LogP contribution >= 0.6 is 0 Å². The molecule has 0 spiro atoms. The minimum atomic E-state index is -0.636. The largest absolute Gasteiger partial charge is 0.428 e. The normalized spacial score (nSPS) is 15.9. The summed E-state index contributed by atoms with van der Waals surface area (Å²) in [6.45, 7) is 0.155. The SMILES string of the molecule is O=COc1cc(C2=CC(=C3C=CC(=O)C=C3)C=CC2=O)cc([N+](=O)[O-])c1. The van der Waals surface area contributed by atoms with Crippen molar-refractivity contribution in [2.45, 2.75) is 0 Å². The van der Waals surface area contributed by atoms with Crippen LogP contribution < -0.4 is 4.74 Å². The fourth-order valence-electron chi connectivity index (χ4n) is 2.55. The average Bonchev–Trinajstić information content (AvgIpc) is 2.63. The summed E-state index contributed by atoms with van der Waals surface area (Å²) in [5.41, 5.74) is 1.56. The lowest BCUT2D eigenvalue weighted by Crippen LogP contribution is -2.05. The number of nitro groups is 1. The molecule has 0 aromatic heterocycles. The molecule has 2 aliphatic carbocycles. The van der Waals surface area contributed by atoms with E-state index in [4.69, 9.17) is 4.74 Å². The second-order valence-electron chi connectivity index (χ2n) is 5.42. The molecule has 0 amide bonds. The van der Waals surface area contributed by atoms with Gasteiger partial charge in [0.15, 0.2) is 11.6 Å². The highest BCUT2D eigenvalue weighted by Crippen LogP contribution is 2.31. The Morgan fingerprint density at radius 1 is 0.923 bits per heavy atom. The van der Waals surface area contributed by atoms with Gasteiger partial charge in [0.2, 0.25) is 0 Å². The molecule has 128 valence electrons. The van der Waals surface area contributed by atoms with Gasteiger partial charge in [-0.25, -0.2) is 0 Å². The molecule has 0 unspecified atom stereocenters. The highest BCUT2D eigenvalue weighted by molar-refractivity contribution is 6.28. The summed E-state index contributed by atoms with van der Waals surface area (Å²) in [6.07, 6.45) is 10.6. The molecule has 7 nitrogen and oxygen atoms in total. The predicted octanol–water partition coefficient (Wildman–Crippen LogP) is 2.64. The first kappa shape index (κ1) is 17.0. The van der Waals surface area contributed by atoms with Crippen LogP contribution in [0.4, 0.5) is 5.69 Å². The number of carbonyl (C=O) groups is 3. The van der Waals surface area contributed by atoms with E-state index >= 15 is 0 Å². The van der Waals surface area contributed by atoms with E-state index in [1.807, 2.05) is 0 Å². The molecule has 0 heterocycles. The number of nitrogens with zero attached hydrogens (tertiary/aromatic N) is 1. The molecule has 0 fully saturated rings. The average molecular weight is 349 g/mol. The van der Waals surface area contributed by atoms with Crippen molar-refractivity contribution in [3.05, 3.63) is 87.6 Å². The number of ether oxygens (including phenoxy) is 1. The van der Waals surface area contributed by atoms with E-state index in [-0.39, 0.29) is 40.6 Å². The van der Waals surface area contributed by atoms with Gasteiger partial charge in [0.05, 0.1) is 11.0 Å². The van der Waals surface area contributed by atoms with Crippen LogP contribution in [-0.2, 0) is 14.4 Å². The van der Waals surface area contributed by atoms with Crippen LogP contribution in [0.1, 0.15) is 5.56 Å². The van der Waals surface area contributed by atoms with Crippen molar-refractivity contribution in [1.29, 1.82) is 0 Å². The molecule has 26 heavy (non-hydrogen) atoms. The molecule has 0 aliphatic heterocycles. The van der Waals surface area contributed by atoms with Crippen molar-refractivity contribution >= 4 is 29.3 Å². The summed E-state index contributed by atoms with van der Waals surface area (Å²) < 4.78 is 4.70. The molecule has 3 rings (SSSR count). The molecule has 7 heteroatoms. The lowest BCUT2D eigenvalue weighted by molar-refractivity contribution is -0.384. The van der Waals surface area contributed by atoms with Crippen molar-refractivity contribution in [2.24, 2.45) is 0 Å². The number of allylic oxidation sites excluding steroid dienone is 10. The van der Waals surface area contributed by atoms with Gasteiger partial charge in [0.1, 0.15) is 5.75 Å². The topological polar surface area (TPSA) is 104 Å². The van der Waals surface area contributed by atoms with Crippen LogP contribution in [-0.4, -0.2) is 23.0 Å². The molecule has 0 N–H and O–H groups in total. The molecular formula is C19H11NO6. The van der Waals surface area contributed by atoms with Gasteiger partial charge in [-0.15, -0.1) is 0 Å². The summed E-state index contributed by atoms with van der Waals surface area (Å²) in [7, 11) is 0. The molecule has 0 saturated carbocycles. The lowest BCUT2D eigenvalue weighted by Gasteiger charge is -2.13. The molecule has 0 atom stereocenters. The highest BCUT2D eigenvalue weighted by Gasteiger charge is 2.19. The summed E-state index contributed by atoms with van der Waals surface area (Å²) in [5, 5.41) is 11.1. The van der Waals surface area contributed by atoms with E-state index in [1.165, 1.54) is 30.4 Å². The lowest BCUT2D eigenvalue weighted by atomic mass is 9.91. The predicted molar refractivity (Wildman–Crippen MR) is 92.2 cm³/mol. The minimum absolute atomic E-state index is 0.0373. The molecule has 0 radical (unpaired) electrons. The number of carbonyl (C=O) groups excluding carboxylic acids is 3. The number of rotatable bonds is 4. The zero-order valence-electron chi connectivity index (χ0n) is 13.2. The van der Waals surface area contributed by atoms with E-state index in [9.17, 15) is 24.5 Å². The second kappa shape index (κ2) is 6.94. The third kappa shape index (κ3) is 3.46. The molecular weight excluding hydrogens is 338 g/mol. The van der Waals surface area contributed by atoms with Crippen molar-refractivity contribution < 1.29 is 24.0 Å². The molecule has 1 aromatic carbocycles. The smallest absolute Gasteiger partial charge is 0.298 e. The fourth-order valence-corrected chi connectivity index (χ4v) is 2.55. The first-order chi connectivity index (χ1) is 12.5. The number of benzene rings is 1. The van der Waals surface area contributed by atoms with Gasteiger partial charge in [0.25, 0.3) is 12.2 Å². The number of ketones is 2. The van der Waals surface area contributed by atoms with Gasteiger partial charge in [-0.05, 0) is 47.1 Å². The maximum atomic E-state index is 12.3. The first-order valence-electron chi connectivity index (χ1n) is 7.46. The van der Waals surface area contributed by atoms with Crippen LogP contribution in [0.3, 0.4) is 0 Å². The van der Waals surface area contributed by atoms with E-state index in [1.54, 1.807) is 24.3 Å². The summed E-state index contributed by atoms with van der Waals surface area (Å²) in [4.78, 5) is 44.5. The van der Waals surface area contributed by atoms with Crippen LogP contribution in [0, 0.1) is 10.1 Å². The number of non-ortho nitro benzene ring substituents is 1. The highest BCUT2D eigenvalue weighted by atomic mass is 16.6. The summed E-state index contributed by atoms with van der Waals surface area (Å²) >= 11 is 0. The summed E-state index contributed by atoms with van der Waals surface area (Å²) in [5.74, 6) is -0.514. The number of nitro benzene ring substituents is 1. The Hall–Kier alpha value is -3.87. The third-order valence-electron chi connectivity index (χ3n) is 3.76. The van der Waals surface area contributed by atoms with Gasteiger partial charge in [-0.1, -0.05) is 18.2 Å². The Kier molecular flexibility index (Phi) is 4.53. The van der Waals surface area contributed by atoms with Crippen molar-refractivity contribution in [3.63, 3.8) is 0 Å². The Balaban J connectivity index is 2.11. The monoisotopic (exact) mass is 349 g/mol. The van der Waals surface area contributed by atoms with E-state index < -0.39 is 4.92 Å². The fraction of sp³-hybridized carbons (Fsp3) is 0. The maximum Gasteiger partial charge on any atom is 0.298 e. The third-order valence-corrected chi connectivity index (χ3v) is 3.76. The Labute approximate surface area is 147 Å². The van der Waals surface area contributed by atoms with Crippen LogP contribution in [0.5, 0.6) is 5.75 Å². The van der Waals surface area contributed by atoms with Gasteiger partial charge in [-0.3, -0.25) is 24.5 Å². The Morgan fingerprint density at radius 2 is 1.62 bits per heavy atom. The van der Waals surface area contributed by atoms with E-state index in [0.717, 1.165) is 11.6 Å². The van der Waals surface area contributed by atoms with Gasteiger partial charge < -0.3 is 4.74 Å². The summed E-state index contributed by atoms with van der Waals surface area (Å²) in [6, 6.07) is 3.71. The van der Waals surface area contributed by atoms with Crippen molar-refractivity contribution in [3.8, 4) is 5.75 Å². The maximum absolute atomic E-state index is 12.3. The van der Waals surface area contributed by atoms with Crippen LogP contribution in [0.15, 0.2) is 71.9 Å². The Morgan fingerprint density at radius 3 is 2.27 bits per heavy atom. The molecule has 0 bridgehead atoms. The zero-order valence-corrected chi connectivity index (χ0v) is 13.2. The van der Waals surface area contributed by atoms with Crippen molar-refractivity contribution in [1.82, 2.24) is 0 Å². The Bertz CT molecular complexity index is 973. The second-order valence-corrected chi connectivity index (χ2v) is 5.42. The standard InChI is InChI=1S/C19H11NO6/c21-11-26-17-8-14(7-15(10-17)20(24)25)18-9-13(3-6-19(18)23)12-1-4-16(22)5-2-12/h1-11H. The van der Waals surface area contributed by atoms with Crippen LogP contribution in [0.25, 0.3) is 5.57 Å². The zero-order chi connectivity index (χ0) is 18.7. The quantitative estimate of drug-likeness (QED) is 0.470. The van der Waals surface area contributed by atoms with Crippen molar-refractivity contribution in [2.75, 3.05) is 0 Å². The molecule has 0 saturated heterocycles. The van der Waals surface area contributed by atoms with E-state index in [2.05, 4.69) is 0 Å². The molecule has 2 aliphatic rings. The van der Waals surface area contributed by atoms with Gasteiger partial charge >= 0.3 is 0 Å². The number of hydrogen-bond acceptors (Lipinski definition) is 6. The minimum Gasteiger partial charge on any atom is -0.428 e. The van der Waals surface area contributed by atoms with Gasteiger partial charge in [0, 0.05) is 11.6 Å². The number of hydrogen-bond donors (Lipinski definition) is 0. The molecule has 1 aromatic rings. The van der Waals surface area contributed by atoms with Gasteiger partial charge in [-0.2, -0.15) is 0 Å². The van der Waals surface area contributed by atoms with E-state index in [0.29, 0.717) is 5.57 Å².